The second kappa shape index (κ2) is 10.1. The molecule has 3 aromatic carbocycles. The quantitative estimate of drug-likeness (QED) is 0.255. The number of anilines is 1. The molecule has 1 amide bonds. The third kappa shape index (κ3) is 4.01. The van der Waals surface area contributed by atoms with E-state index >= 15 is 0 Å². The van der Waals surface area contributed by atoms with E-state index < -0.39 is 17.5 Å². The van der Waals surface area contributed by atoms with E-state index in [4.69, 9.17) is 21.1 Å². The number of halogens is 2. The minimum Gasteiger partial charge on any atom is -0.490 e. The van der Waals surface area contributed by atoms with Gasteiger partial charge in [-0.25, -0.2) is 0 Å². The Morgan fingerprint density at radius 1 is 1.18 bits per heavy atom. The van der Waals surface area contributed by atoms with Crippen LogP contribution in [0.1, 0.15) is 42.4 Å². The Morgan fingerprint density at radius 3 is 2.72 bits per heavy atom. The predicted octanol–water partition coefficient (Wildman–Crippen LogP) is 6.13. The van der Waals surface area contributed by atoms with Crippen molar-refractivity contribution in [3.05, 3.63) is 97.0 Å². The lowest BCUT2D eigenvalue weighted by molar-refractivity contribution is -0.534. The first-order valence-corrected chi connectivity index (χ1v) is 14.2. The van der Waals surface area contributed by atoms with E-state index in [-0.39, 0.29) is 23.5 Å². The number of fused-ring (bicyclic) bond motifs is 4. The average Bonchev–Trinajstić information content (AvgIpc) is 3.57. The first-order valence-electron chi connectivity index (χ1n) is 13.0. The van der Waals surface area contributed by atoms with Crippen LogP contribution in [0.5, 0.6) is 11.5 Å². The van der Waals surface area contributed by atoms with Crippen molar-refractivity contribution in [1.82, 2.24) is 4.90 Å². The van der Waals surface area contributed by atoms with Gasteiger partial charge in [-0.15, -0.1) is 0 Å². The summed E-state index contributed by atoms with van der Waals surface area (Å²) in [5, 5.41) is 16.4. The summed E-state index contributed by atoms with van der Waals surface area (Å²) in [6, 6.07) is 17.1. The lowest BCUT2D eigenvalue weighted by Gasteiger charge is -2.32. The molecule has 202 valence electrons. The smallest absolute Gasteiger partial charge is 0.256 e. The molecule has 2 saturated heterocycles. The topological polar surface area (TPSA) is 93.9 Å². The molecule has 6 rings (SSSR count). The number of hydrogen-bond acceptors (Lipinski definition) is 6. The van der Waals surface area contributed by atoms with Gasteiger partial charge in [0.1, 0.15) is 6.61 Å². The number of para-hydroxylation sites is 1. The normalized spacial score (nSPS) is 25.4. The molecule has 0 unspecified atom stereocenters. The van der Waals surface area contributed by atoms with Crippen molar-refractivity contribution in [2.75, 3.05) is 18.5 Å². The van der Waals surface area contributed by atoms with E-state index in [2.05, 4.69) is 26.1 Å². The maximum Gasteiger partial charge on any atom is 0.256 e. The first-order chi connectivity index (χ1) is 18.9. The molecule has 0 aliphatic carbocycles. The van der Waals surface area contributed by atoms with Crippen LogP contribution in [0.3, 0.4) is 0 Å². The number of benzene rings is 3. The maximum atomic E-state index is 13.7. The third-order valence-corrected chi connectivity index (χ3v) is 9.10. The molecule has 0 radical (unpaired) electrons. The van der Waals surface area contributed by atoms with Crippen LogP contribution in [0.25, 0.3) is 0 Å². The Balaban J connectivity index is 1.45. The number of nitrogens with zero attached hydrogens (tertiary/aromatic N) is 2. The van der Waals surface area contributed by atoms with Crippen LogP contribution in [-0.4, -0.2) is 41.0 Å². The van der Waals surface area contributed by atoms with Crippen molar-refractivity contribution < 1.29 is 19.2 Å². The van der Waals surface area contributed by atoms with Gasteiger partial charge in [-0.1, -0.05) is 48.0 Å². The minimum absolute atomic E-state index is 0.173. The van der Waals surface area contributed by atoms with Gasteiger partial charge >= 0.3 is 0 Å². The summed E-state index contributed by atoms with van der Waals surface area (Å²) in [4.78, 5) is 28.4. The zero-order valence-corrected chi connectivity index (χ0v) is 23.6. The number of ether oxygens (including phenoxy) is 2. The van der Waals surface area contributed by atoms with Gasteiger partial charge in [0.05, 0.1) is 17.0 Å². The average molecular weight is 613 g/mol. The zero-order valence-electron chi connectivity index (χ0n) is 21.2. The highest BCUT2D eigenvalue weighted by Crippen LogP contribution is 2.58. The first kappa shape index (κ1) is 26.1. The van der Waals surface area contributed by atoms with Crippen LogP contribution in [0, 0.1) is 10.1 Å². The van der Waals surface area contributed by atoms with Crippen molar-refractivity contribution in [1.29, 1.82) is 0 Å². The van der Waals surface area contributed by atoms with E-state index in [1.54, 1.807) is 6.07 Å². The van der Waals surface area contributed by atoms with Crippen LogP contribution >= 0.6 is 27.5 Å². The van der Waals surface area contributed by atoms with Crippen molar-refractivity contribution in [3.8, 4) is 11.5 Å². The predicted molar refractivity (Wildman–Crippen MR) is 151 cm³/mol. The SMILES string of the molecule is CCOc1cc([C@@H]2[C@@H]3CCCN3[C@@]3(C(=O)Nc4ccccc43)[C@@H]2[N+](=O)[O-])cc(Br)c1OCc1ccccc1Cl. The molecule has 0 bridgehead atoms. The summed E-state index contributed by atoms with van der Waals surface area (Å²) in [5.41, 5.74) is 1.51. The highest BCUT2D eigenvalue weighted by Gasteiger charge is 2.73. The van der Waals surface area contributed by atoms with Crippen LogP contribution in [0.2, 0.25) is 5.02 Å². The van der Waals surface area contributed by atoms with Crippen molar-refractivity contribution in [3.63, 3.8) is 0 Å². The molecule has 8 nitrogen and oxygen atoms in total. The standard InChI is InChI=1S/C29H27BrClN3O5/c1-2-38-24-15-18(14-20(30)26(24)39-16-17-8-3-5-10-21(17)31)25-23-12-7-13-33(23)29(27(25)34(36)37)19-9-4-6-11-22(19)32-28(29)35/h3-6,8-11,14-15,23,25,27H,2,7,12-13,16H2,1H3,(H,32,35)/t23-,25+,27+,29+/m0/s1. The molecular formula is C29H27BrClN3O5. The Kier molecular flexibility index (Phi) is 6.77. The van der Waals surface area contributed by atoms with Gasteiger partial charge in [0.2, 0.25) is 0 Å². The van der Waals surface area contributed by atoms with E-state index in [1.807, 2.05) is 61.5 Å². The van der Waals surface area contributed by atoms with E-state index in [0.29, 0.717) is 45.4 Å². The van der Waals surface area contributed by atoms with Crippen molar-refractivity contribution in [2.45, 2.75) is 49.9 Å². The number of amides is 1. The second-order valence-electron chi connectivity index (χ2n) is 10.1. The number of nitro groups is 1. The molecule has 10 heteroatoms. The molecule has 3 heterocycles. The summed E-state index contributed by atoms with van der Waals surface area (Å²) in [6.07, 6.45) is 1.62. The fourth-order valence-corrected chi connectivity index (χ4v) is 7.49. The van der Waals surface area contributed by atoms with Crippen molar-refractivity contribution >= 4 is 39.1 Å². The molecule has 0 saturated carbocycles. The molecule has 3 aromatic rings. The summed E-state index contributed by atoms with van der Waals surface area (Å²) >= 11 is 9.97. The Hall–Kier alpha value is -3.14. The number of hydrogen-bond donors (Lipinski definition) is 1. The number of carbonyl (C=O) groups excluding carboxylic acids is 1. The van der Waals surface area contributed by atoms with Gasteiger partial charge in [0, 0.05) is 39.3 Å². The zero-order chi connectivity index (χ0) is 27.3. The lowest BCUT2D eigenvalue weighted by atomic mass is 9.77. The van der Waals surface area contributed by atoms with Gasteiger partial charge in [-0.05, 0) is 65.5 Å². The van der Waals surface area contributed by atoms with Gasteiger partial charge in [0.15, 0.2) is 17.0 Å². The van der Waals surface area contributed by atoms with Crippen LogP contribution < -0.4 is 14.8 Å². The van der Waals surface area contributed by atoms with Crippen LogP contribution in [0.15, 0.2) is 65.1 Å². The number of rotatable bonds is 7. The van der Waals surface area contributed by atoms with Gasteiger partial charge in [0.25, 0.3) is 11.9 Å². The summed E-state index contributed by atoms with van der Waals surface area (Å²) in [5.74, 6) is 0.118. The summed E-state index contributed by atoms with van der Waals surface area (Å²) in [6.45, 7) is 3.11. The monoisotopic (exact) mass is 611 g/mol. The highest BCUT2D eigenvalue weighted by molar-refractivity contribution is 9.10. The Morgan fingerprint density at radius 2 is 1.95 bits per heavy atom. The Bertz CT molecular complexity index is 1470. The summed E-state index contributed by atoms with van der Waals surface area (Å²) in [7, 11) is 0. The summed E-state index contributed by atoms with van der Waals surface area (Å²) < 4.78 is 12.8. The molecule has 3 aliphatic heterocycles. The van der Waals surface area contributed by atoms with E-state index in [0.717, 1.165) is 24.0 Å². The maximum absolute atomic E-state index is 13.7. The number of carbonyl (C=O) groups is 1. The molecule has 39 heavy (non-hydrogen) atoms. The second-order valence-corrected chi connectivity index (χ2v) is 11.3. The molecule has 4 atom stereocenters. The third-order valence-electron chi connectivity index (χ3n) is 8.14. The van der Waals surface area contributed by atoms with Crippen molar-refractivity contribution in [2.24, 2.45) is 0 Å². The Labute approximate surface area is 239 Å². The lowest BCUT2D eigenvalue weighted by Crippen LogP contribution is -2.55. The molecule has 2 fully saturated rings. The van der Waals surface area contributed by atoms with Gasteiger partial charge in [-0.3, -0.25) is 19.8 Å². The highest BCUT2D eigenvalue weighted by atomic mass is 79.9. The largest absolute Gasteiger partial charge is 0.490 e. The van der Waals surface area contributed by atoms with E-state index in [9.17, 15) is 14.9 Å². The van der Waals surface area contributed by atoms with E-state index in [1.165, 1.54) is 0 Å². The van der Waals surface area contributed by atoms with Crippen LogP contribution in [0.4, 0.5) is 5.69 Å². The number of nitrogens with one attached hydrogen (secondary N) is 1. The molecule has 1 spiro atoms. The van der Waals surface area contributed by atoms with Crippen LogP contribution in [-0.2, 0) is 16.9 Å². The molecule has 3 aliphatic rings. The van der Waals surface area contributed by atoms with Gasteiger partial charge in [-0.2, -0.15) is 0 Å². The van der Waals surface area contributed by atoms with Gasteiger partial charge < -0.3 is 14.8 Å². The molecule has 0 aromatic heterocycles. The molecular weight excluding hydrogens is 586 g/mol. The minimum atomic E-state index is -1.37. The molecule has 1 N–H and O–H groups in total. The fraction of sp³-hybridized carbons (Fsp3) is 0.345. The fourth-order valence-electron chi connectivity index (χ4n) is 6.72.